The number of rotatable bonds is 9. The zero-order valence-electron chi connectivity index (χ0n) is 13.1. The number of aromatic amines is 1. The third kappa shape index (κ3) is 5.34. The maximum atomic E-state index is 12.0. The van der Waals surface area contributed by atoms with Crippen molar-refractivity contribution in [3.63, 3.8) is 0 Å². The zero-order chi connectivity index (χ0) is 17.6. The predicted octanol–water partition coefficient (Wildman–Crippen LogP) is -0.222. The largest absolute Gasteiger partial charge is 0.480 e. The summed E-state index contributed by atoms with van der Waals surface area (Å²) in [5.41, 5.74) is -0.0379. The second kappa shape index (κ2) is 8.09. The fraction of sp³-hybridized carbons (Fsp3) is 0.538. The molecule has 0 aliphatic carbocycles. The first-order valence-electron chi connectivity index (χ1n) is 6.89. The molecule has 130 valence electrons. The normalized spacial score (nSPS) is 13.0. The molecule has 1 heterocycles. The molecule has 1 aromatic heterocycles. The molecule has 4 N–H and O–H groups in total. The van der Waals surface area contributed by atoms with Crippen molar-refractivity contribution < 1.29 is 27.9 Å². The molecule has 0 aliphatic rings. The van der Waals surface area contributed by atoms with Crippen molar-refractivity contribution in [3.05, 3.63) is 18.0 Å². The standard InChI is InChI=1S/C13H21N3O6S/c1-8(2)11(13(18)19)16-12(17)10-6-9(7-14-10)23(20,21)15-4-5-22-3/h6-8,11,14-15H,4-5H2,1-3H3,(H,16,17)(H,18,19)/t11-/m0/s1. The van der Waals surface area contributed by atoms with E-state index in [1.807, 2.05) is 0 Å². The maximum Gasteiger partial charge on any atom is 0.326 e. The van der Waals surface area contributed by atoms with Crippen LogP contribution >= 0.6 is 0 Å². The summed E-state index contributed by atoms with van der Waals surface area (Å²) in [5, 5.41) is 11.4. The smallest absolute Gasteiger partial charge is 0.326 e. The summed E-state index contributed by atoms with van der Waals surface area (Å²) in [5.74, 6) is -2.16. The van der Waals surface area contributed by atoms with Crippen LogP contribution in [0.25, 0.3) is 0 Å². The number of nitrogens with one attached hydrogen (secondary N) is 3. The first kappa shape index (κ1) is 19.1. The number of hydrogen-bond donors (Lipinski definition) is 4. The molecule has 0 unspecified atom stereocenters. The summed E-state index contributed by atoms with van der Waals surface area (Å²) in [6, 6.07) is 0.0784. The Morgan fingerprint density at radius 1 is 1.39 bits per heavy atom. The van der Waals surface area contributed by atoms with Gasteiger partial charge in [-0.25, -0.2) is 17.9 Å². The number of aromatic nitrogens is 1. The summed E-state index contributed by atoms with van der Waals surface area (Å²) in [7, 11) is -2.32. The molecule has 0 aliphatic heterocycles. The molecule has 0 fully saturated rings. The lowest BCUT2D eigenvalue weighted by molar-refractivity contribution is -0.140. The van der Waals surface area contributed by atoms with Gasteiger partial charge in [0.05, 0.1) is 6.61 Å². The highest BCUT2D eigenvalue weighted by Crippen LogP contribution is 2.11. The highest BCUT2D eigenvalue weighted by molar-refractivity contribution is 7.89. The third-order valence-electron chi connectivity index (χ3n) is 3.03. The lowest BCUT2D eigenvalue weighted by atomic mass is 10.0. The van der Waals surface area contributed by atoms with E-state index in [9.17, 15) is 18.0 Å². The molecular formula is C13H21N3O6S. The van der Waals surface area contributed by atoms with Crippen LogP contribution in [0.4, 0.5) is 0 Å². The fourth-order valence-electron chi connectivity index (χ4n) is 1.75. The first-order chi connectivity index (χ1) is 10.7. The molecule has 0 spiro atoms. The van der Waals surface area contributed by atoms with Crippen molar-refractivity contribution in [1.82, 2.24) is 15.0 Å². The Kier molecular flexibility index (Phi) is 6.73. The van der Waals surface area contributed by atoms with Crippen LogP contribution < -0.4 is 10.0 Å². The van der Waals surface area contributed by atoms with E-state index in [0.29, 0.717) is 0 Å². The maximum absolute atomic E-state index is 12.0. The SMILES string of the molecule is COCCNS(=O)(=O)c1c[nH]c(C(=O)N[C@H](C(=O)O)C(C)C)c1. The Morgan fingerprint density at radius 3 is 2.57 bits per heavy atom. The molecule has 23 heavy (non-hydrogen) atoms. The minimum atomic E-state index is -3.76. The van der Waals surface area contributed by atoms with Crippen LogP contribution in [0.2, 0.25) is 0 Å². The number of aliphatic carboxylic acids is 1. The quantitative estimate of drug-likeness (QED) is 0.456. The van der Waals surface area contributed by atoms with E-state index < -0.39 is 27.9 Å². The van der Waals surface area contributed by atoms with E-state index in [2.05, 4.69) is 15.0 Å². The molecule has 1 atom stereocenters. The lowest BCUT2D eigenvalue weighted by Gasteiger charge is -2.17. The number of carboxylic acids is 1. The number of methoxy groups -OCH3 is 1. The van der Waals surface area contributed by atoms with Gasteiger partial charge in [-0.05, 0) is 12.0 Å². The average Bonchev–Trinajstić information content (AvgIpc) is 2.94. The van der Waals surface area contributed by atoms with Crippen LogP contribution in [0.5, 0.6) is 0 Å². The fourth-order valence-corrected chi connectivity index (χ4v) is 2.76. The van der Waals surface area contributed by atoms with Crippen molar-refractivity contribution in [1.29, 1.82) is 0 Å². The van der Waals surface area contributed by atoms with Crippen molar-refractivity contribution >= 4 is 21.9 Å². The number of amides is 1. The van der Waals surface area contributed by atoms with Gasteiger partial charge in [0.25, 0.3) is 5.91 Å². The molecule has 0 saturated heterocycles. The van der Waals surface area contributed by atoms with Crippen LogP contribution in [0.1, 0.15) is 24.3 Å². The van der Waals surface area contributed by atoms with Crippen LogP contribution in [0.15, 0.2) is 17.2 Å². The van der Waals surface area contributed by atoms with Crippen molar-refractivity contribution in [2.24, 2.45) is 5.92 Å². The number of hydrogen-bond acceptors (Lipinski definition) is 5. The summed E-state index contributed by atoms with van der Waals surface area (Å²) >= 11 is 0. The number of ether oxygens (including phenoxy) is 1. The number of carbonyl (C=O) groups is 2. The van der Waals surface area contributed by atoms with Crippen molar-refractivity contribution in [3.8, 4) is 0 Å². The Labute approximate surface area is 134 Å². The van der Waals surface area contributed by atoms with Gasteiger partial charge in [0.15, 0.2) is 0 Å². The van der Waals surface area contributed by atoms with Gasteiger partial charge in [0.2, 0.25) is 10.0 Å². The Balaban J connectivity index is 2.82. The van der Waals surface area contributed by atoms with Gasteiger partial charge in [-0.1, -0.05) is 13.8 Å². The monoisotopic (exact) mass is 347 g/mol. The molecule has 0 bridgehead atoms. The Bertz CT molecular complexity index is 652. The summed E-state index contributed by atoms with van der Waals surface area (Å²) in [6.07, 6.45) is 1.16. The van der Waals surface area contributed by atoms with E-state index in [0.717, 1.165) is 12.3 Å². The van der Waals surface area contributed by atoms with E-state index in [1.165, 1.54) is 7.11 Å². The minimum Gasteiger partial charge on any atom is -0.480 e. The van der Waals surface area contributed by atoms with Crippen molar-refractivity contribution in [2.75, 3.05) is 20.3 Å². The van der Waals surface area contributed by atoms with Gasteiger partial charge in [-0.2, -0.15) is 0 Å². The van der Waals surface area contributed by atoms with E-state index in [4.69, 9.17) is 9.84 Å². The zero-order valence-corrected chi connectivity index (χ0v) is 13.9. The summed E-state index contributed by atoms with van der Waals surface area (Å²) in [4.78, 5) is 25.5. The van der Waals surface area contributed by atoms with E-state index >= 15 is 0 Å². The molecule has 9 nitrogen and oxygen atoms in total. The Morgan fingerprint density at radius 2 is 2.04 bits per heavy atom. The predicted molar refractivity (Wildman–Crippen MR) is 81.6 cm³/mol. The molecule has 1 rings (SSSR count). The molecule has 0 aromatic carbocycles. The van der Waals surface area contributed by atoms with Gasteiger partial charge in [0.1, 0.15) is 16.6 Å². The third-order valence-corrected chi connectivity index (χ3v) is 4.47. The van der Waals surface area contributed by atoms with Gasteiger partial charge in [-0.3, -0.25) is 4.79 Å². The van der Waals surface area contributed by atoms with Crippen LogP contribution in [-0.2, 0) is 19.6 Å². The van der Waals surface area contributed by atoms with Crippen LogP contribution in [-0.4, -0.2) is 56.7 Å². The van der Waals surface area contributed by atoms with Crippen molar-refractivity contribution in [2.45, 2.75) is 24.8 Å². The Hall–Kier alpha value is -1.91. The van der Waals surface area contributed by atoms with E-state index in [-0.39, 0.29) is 29.7 Å². The topological polar surface area (TPSA) is 138 Å². The van der Waals surface area contributed by atoms with Gasteiger partial charge in [-0.15, -0.1) is 0 Å². The van der Waals surface area contributed by atoms with Gasteiger partial charge < -0.3 is 20.1 Å². The molecule has 1 aromatic rings. The first-order valence-corrected chi connectivity index (χ1v) is 8.38. The minimum absolute atomic E-state index is 0.0379. The average molecular weight is 347 g/mol. The molecule has 0 saturated carbocycles. The molecular weight excluding hydrogens is 326 g/mol. The number of H-pyrrole nitrogens is 1. The van der Waals surface area contributed by atoms with Gasteiger partial charge >= 0.3 is 5.97 Å². The molecule has 1 amide bonds. The highest BCUT2D eigenvalue weighted by Gasteiger charge is 2.25. The summed E-state index contributed by atoms with van der Waals surface area (Å²) in [6.45, 7) is 3.62. The molecule has 0 radical (unpaired) electrons. The summed E-state index contributed by atoms with van der Waals surface area (Å²) < 4.78 is 31.0. The second-order valence-corrected chi connectivity index (χ2v) is 6.94. The van der Waals surface area contributed by atoms with Gasteiger partial charge in [0, 0.05) is 19.9 Å². The highest BCUT2D eigenvalue weighted by atomic mass is 32.2. The van der Waals surface area contributed by atoms with Crippen LogP contribution in [0.3, 0.4) is 0 Å². The lowest BCUT2D eigenvalue weighted by Crippen LogP contribution is -2.44. The number of carboxylic acid groups (broad SMARTS) is 1. The molecule has 10 heteroatoms. The van der Waals surface area contributed by atoms with E-state index in [1.54, 1.807) is 13.8 Å². The number of carbonyl (C=O) groups excluding carboxylic acids is 1. The second-order valence-electron chi connectivity index (χ2n) is 5.17. The number of sulfonamides is 1. The van der Waals surface area contributed by atoms with Crippen LogP contribution in [0, 0.1) is 5.92 Å².